The van der Waals surface area contributed by atoms with E-state index in [-0.39, 0.29) is 0 Å². The molecule has 0 atom stereocenters. The van der Waals surface area contributed by atoms with Crippen molar-refractivity contribution in [1.82, 2.24) is 5.32 Å². The Morgan fingerprint density at radius 2 is 1.73 bits per heavy atom. The summed E-state index contributed by atoms with van der Waals surface area (Å²) < 4.78 is 0. The lowest BCUT2D eigenvalue weighted by Gasteiger charge is -1.97. The highest BCUT2D eigenvalue weighted by atomic mass is 14.8. The Morgan fingerprint density at radius 1 is 1.36 bits per heavy atom. The molecule has 0 aromatic rings. The molecule has 66 valence electrons. The minimum atomic E-state index is 0.488. The molecule has 0 amide bonds. The van der Waals surface area contributed by atoms with Crippen LogP contribution in [0.5, 0.6) is 0 Å². The van der Waals surface area contributed by atoms with E-state index in [4.69, 9.17) is 5.41 Å². The van der Waals surface area contributed by atoms with Crippen molar-refractivity contribution in [2.45, 2.75) is 33.6 Å². The van der Waals surface area contributed by atoms with Crippen LogP contribution in [0.25, 0.3) is 0 Å². The summed E-state index contributed by atoms with van der Waals surface area (Å²) in [7, 11) is 1.75. The topological polar surface area (TPSA) is 35.9 Å². The zero-order chi connectivity index (χ0) is 9.28. The third-order valence-electron chi connectivity index (χ3n) is 1.25. The first-order valence-corrected chi connectivity index (χ1v) is 4.02. The first-order valence-electron chi connectivity index (χ1n) is 4.02. The van der Waals surface area contributed by atoms with Crippen LogP contribution in [-0.2, 0) is 0 Å². The van der Waals surface area contributed by atoms with Crippen molar-refractivity contribution in [2.24, 2.45) is 0 Å². The Balaban J connectivity index is 0. The van der Waals surface area contributed by atoms with Gasteiger partial charge < -0.3 is 10.7 Å². The lowest BCUT2D eigenvalue weighted by Crippen LogP contribution is -2.10. The van der Waals surface area contributed by atoms with Crippen molar-refractivity contribution in [2.75, 3.05) is 7.05 Å². The summed E-state index contributed by atoms with van der Waals surface area (Å²) >= 11 is 0. The second-order valence-electron chi connectivity index (χ2n) is 2.35. The van der Waals surface area contributed by atoms with Crippen molar-refractivity contribution < 1.29 is 0 Å². The van der Waals surface area contributed by atoms with Crippen LogP contribution >= 0.6 is 0 Å². The summed E-state index contributed by atoms with van der Waals surface area (Å²) in [6, 6.07) is 0. The summed E-state index contributed by atoms with van der Waals surface area (Å²) in [5, 5.41) is 9.68. The normalized spacial score (nSPS) is 7.64. The maximum atomic E-state index is 6.94. The van der Waals surface area contributed by atoms with E-state index in [9.17, 15) is 0 Å². The summed E-state index contributed by atoms with van der Waals surface area (Å²) in [5.41, 5.74) is 1.17. The number of allylic oxidation sites excluding steroid dienone is 1. The van der Waals surface area contributed by atoms with E-state index >= 15 is 0 Å². The number of hydrogen-bond donors (Lipinski definition) is 2. The molecule has 0 radical (unpaired) electrons. The average molecular weight is 156 g/mol. The number of rotatable bonds is 3. The highest BCUT2D eigenvalue weighted by Gasteiger charge is 1.86. The standard InChI is InChI=1S/C5H10N2.C4H10/c1-4(6)5(2)7-3;1-3-4-2/h6-7H,2H2,1,3H3;3-4H2,1-2H3. The zero-order valence-corrected chi connectivity index (χ0v) is 8.12. The largest absolute Gasteiger partial charge is 0.387 e. The van der Waals surface area contributed by atoms with Crippen molar-refractivity contribution in [3.8, 4) is 0 Å². The van der Waals surface area contributed by atoms with Gasteiger partial charge in [-0.2, -0.15) is 0 Å². The number of unbranched alkanes of at least 4 members (excludes halogenated alkanes) is 1. The molecule has 0 saturated carbocycles. The van der Waals surface area contributed by atoms with E-state index in [1.165, 1.54) is 12.8 Å². The number of nitrogens with one attached hydrogen (secondary N) is 2. The molecule has 0 aromatic heterocycles. The van der Waals surface area contributed by atoms with Crippen LogP contribution in [0.4, 0.5) is 0 Å². The lowest BCUT2D eigenvalue weighted by molar-refractivity contribution is 0.886. The predicted octanol–water partition coefficient (Wildman–Crippen LogP) is 2.57. The second-order valence-corrected chi connectivity index (χ2v) is 2.35. The molecule has 0 heterocycles. The van der Waals surface area contributed by atoms with Crippen molar-refractivity contribution in [1.29, 1.82) is 5.41 Å². The fraction of sp³-hybridized carbons (Fsp3) is 0.667. The lowest BCUT2D eigenvalue weighted by atomic mass is 10.3. The van der Waals surface area contributed by atoms with Gasteiger partial charge in [0.15, 0.2) is 0 Å². The molecule has 0 aromatic carbocycles. The van der Waals surface area contributed by atoms with Crippen LogP contribution in [0.2, 0.25) is 0 Å². The van der Waals surface area contributed by atoms with E-state index in [0.717, 1.165) is 0 Å². The van der Waals surface area contributed by atoms with Gasteiger partial charge in [0.05, 0.1) is 5.71 Å². The van der Waals surface area contributed by atoms with E-state index in [2.05, 4.69) is 25.7 Å². The van der Waals surface area contributed by atoms with Crippen LogP contribution in [0.15, 0.2) is 12.3 Å². The van der Waals surface area contributed by atoms with Gasteiger partial charge in [0.1, 0.15) is 0 Å². The number of hydrogen-bond acceptors (Lipinski definition) is 2. The Hall–Kier alpha value is -0.790. The first-order chi connectivity index (χ1) is 5.09. The van der Waals surface area contributed by atoms with Crippen molar-refractivity contribution in [3.05, 3.63) is 12.3 Å². The van der Waals surface area contributed by atoms with Gasteiger partial charge in [0, 0.05) is 12.7 Å². The van der Waals surface area contributed by atoms with Crippen molar-refractivity contribution >= 4 is 5.71 Å². The molecule has 11 heavy (non-hydrogen) atoms. The fourth-order valence-corrected chi connectivity index (χ4v) is 0.188. The molecule has 2 nitrogen and oxygen atoms in total. The summed E-state index contributed by atoms with van der Waals surface area (Å²) in [6.07, 6.45) is 2.64. The molecular weight excluding hydrogens is 136 g/mol. The predicted molar refractivity (Wildman–Crippen MR) is 52.2 cm³/mol. The maximum absolute atomic E-state index is 6.94. The van der Waals surface area contributed by atoms with E-state index < -0.39 is 0 Å². The minimum Gasteiger partial charge on any atom is -0.387 e. The zero-order valence-electron chi connectivity index (χ0n) is 8.12. The van der Waals surface area contributed by atoms with Gasteiger partial charge in [-0.15, -0.1) is 0 Å². The van der Waals surface area contributed by atoms with Gasteiger partial charge in [-0.25, -0.2) is 0 Å². The second kappa shape index (κ2) is 9.21. The van der Waals surface area contributed by atoms with Crippen molar-refractivity contribution in [3.63, 3.8) is 0 Å². The molecule has 0 aliphatic heterocycles. The van der Waals surface area contributed by atoms with E-state index in [0.29, 0.717) is 11.4 Å². The summed E-state index contributed by atoms with van der Waals surface area (Å²) in [5.74, 6) is 0. The third-order valence-corrected chi connectivity index (χ3v) is 1.25. The smallest absolute Gasteiger partial charge is 0.0507 e. The molecule has 0 aliphatic carbocycles. The quantitative estimate of drug-likeness (QED) is 0.605. The molecule has 0 aliphatic rings. The van der Waals surface area contributed by atoms with Crippen LogP contribution in [0, 0.1) is 5.41 Å². The summed E-state index contributed by atoms with van der Waals surface area (Å²) in [6.45, 7) is 9.59. The van der Waals surface area contributed by atoms with E-state index in [1.807, 2.05) is 0 Å². The molecule has 0 unspecified atom stereocenters. The molecular formula is C9H20N2. The molecule has 0 rings (SSSR count). The SMILES string of the molecule is C=C(NC)C(C)=N.CCCC. The molecule has 2 heteroatoms. The van der Waals surface area contributed by atoms with Crippen LogP contribution in [0.3, 0.4) is 0 Å². The Bertz CT molecular complexity index is 115. The monoisotopic (exact) mass is 156 g/mol. The Labute approximate surface area is 70.2 Å². The average Bonchev–Trinajstić information content (AvgIpc) is 2.03. The third kappa shape index (κ3) is 12.4. The molecule has 0 saturated heterocycles. The molecule has 2 N–H and O–H groups in total. The fourth-order valence-electron chi connectivity index (χ4n) is 0.188. The molecule has 0 bridgehead atoms. The first kappa shape index (κ1) is 12.8. The van der Waals surface area contributed by atoms with Gasteiger partial charge >= 0.3 is 0 Å². The van der Waals surface area contributed by atoms with Crippen LogP contribution in [-0.4, -0.2) is 12.8 Å². The maximum Gasteiger partial charge on any atom is 0.0507 e. The van der Waals surface area contributed by atoms with Gasteiger partial charge in [0.2, 0.25) is 0 Å². The van der Waals surface area contributed by atoms with Crippen LogP contribution < -0.4 is 5.32 Å². The van der Waals surface area contributed by atoms with E-state index in [1.54, 1.807) is 14.0 Å². The van der Waals surface area contributed by atoms with Crippen LogP contribution in [0.1, 0.15) is 33.6 Å². The van der Waals surface area contributed by atoms with Gasteiger partial charge in [-0.3, -0.25) is 0 Å². The Morgan fingerprint density at radius 3 is 1.73 bits per heavy atom. The highest BCUT2D eigenvalue weighted by molar-refractivity contribution is 5.94. The molecule has 0 spiro atoms. The molecule has 0 fully saturated rings. The van der Waals surface area contributed by atoms with Gasteiger partial charge in [0.25, 0.3) is 0 Å². The highest BCUT2D eigenvalue weighted by Crippen LogP contribution is 1.80. The van der Waals surface area contributed by atoms with Gasteiger partial charge in [-0.1, -0.05) is 33.3 Å². The minimum absolute atomic E-state index is 0.488. The van der Waals surface area contributed by atoms with Gasteiger partial charge in [-0.05, 0) is 6.92 Å². The summed E-state index contributed by atoms with van der Waals surface area (Å²) in [4.78, 5) is 0. The Kier molecular flexibility index (Phi) is 10.8.